The minimum atomic E-state index is -4.75. The van der Waals surface area contributed by atoms with E-state index in [1.807, 2.05) is 37.3 Å². The zero-order chi connectivity index (χ0) is 33.5. The predicted octanol–water partition coefficient (Wildman–Crippen LogP) is 6.29. The van der Waals surface area contributed by atoms with Gasteiger partial charge in [-0.15, -0.1) is 0 Å². The highest BCUT2D eigenvalue weighted by Crippen LogP contribution is 2.33. The van der Waals surface area contributed by atoms with Crippen LogP contribution in [0.25, 0.3) is 0 Å². The summed E-state index contributed by atoms with van der Waals surface area (Å²) in [7, 11) is -4.54. The third kappa shape index (κ3) is 8.54. The van der Waals surface area contributed by atoms with Gasteiger partial charge in [0.2, 0.25) is 11.8 Å². The van der Waals surface area contributed by atoms with E-state index in [-0.39, 0.29) is 30.1 Å². The molecular weight excluding hydrogens is 615 g/mol. The highest BCUT2D eigenvalue weighted by Gasteiger charge is 2.36. The van der Waals surface area contributed by atoms with Crippen LogP contribution in [0, 0.1) is 13.8 Å². The summed E-state index contributed by atoms with van der Waals surface area (Å²) in [5, 5.41) is 2.78. The van der Waals surface area contributed by atoms with E-state index in [2.05, 4.69) is 5.32 Å². The average molecular weight is 652 g/mol. The van der Waals surface area contributed by atoms with Gasteiger partial charge in [0.05, 0.1) is 16.1 Å². The van der Waals surface area contributed by atoms with Crippen molar-refractivity contribution in [2.24, 2.45) is 0 Å². The van der Waals surface area contributed by atoms with Gasteiger partial charge in [0.15, 0.2) is 0 Å². The van der Waals surface area contributed by atoms with Crippen molar-refractivity contribution in [3.05, 3.63) is 131 Å². The van der Waals surface area contributed by atoms with E-state index in [9.17, 15) is 31.2 Å². The Balaban J connectivity index is 1.83. The van der Waals surface area contributed by atoms with Crippen LogP contribution in [0.1, 0.15) is 34.7 Å². The van der Waals surface area contributed by atoms with Crippen LogP contribution in [0.5, 0.6) is 0 Å². The number of nitrogens with zero attached hydrogens (tertiary/aromatic N) is 2. The topological polar surface area (TPSA) is 86.8 Å². The van der Waals surface area contributed by atoms with Crippen LogP contribution in [0.3, 0.4) is 0 Å². The Hall–Kier alpha value is -4.64. The zero-order valence-electron chi connectivity index (χ0n) is 25.8. The maximum Gasteiger partial charge on any atom is 0.416 e. The smallest absolute Gasteiger partial charge is 0.355 e. The van der Waals surface area contributed by atoms with Gasteiger partial charge in [-0.2, -0.15) is 13.2 Å². The third-order valence-electron chi connectivity index (χ3n) is 7.44. The lowest BCUT2D eigenvalue weighted by atomic mass is 10.0. The molecular formula is C35H36F3N3O4S. The summed E-state index contributed by atoms with van der Waals surface area (Å²) >= 11 is 0. The lowest BCUT2D eigenvalue weighted by Crippen LogP contribution is -2.53. The fraction of sp³-hybridized carbons (Fsp3) is 0.257. The molecule has 0 bridgehead atoms. The lowest BCUT2D eigenvalue weighted by molar-refractivity contribution is -0.140. The van der Waals surface area contributed by atoms with Gasteiger partial charge < -0.3 is 10.2 Å². The molecule has 0 radical (unpaired) electrons. The van der Waals surface area contributed by atoms with Gasteiger partial charge in [0.25, 0.3) is 10.0 Å². The van der Waals surface area contributed by atoms with E-state index in [1.165, 1.54) is 23.1 Å². The summed E-state index contributed by atoms with van der Waals surface area (Å²) in [5.74, 6) is -1.21. The van der Waals surface area contributed by atoms with Gasteiger partial charge in [-0.05, 0) is 62.2 Å². The number of carbonyl (C=O) groups is 2. The minimum Gasteiger partial charge on any atom is -0.355 e. The number of alkyl halides is 3. The van der Waals surface area contributed by atoms with Gasteiger partial charge in [0, 0.05) is 19.5 Å². The Morgan fingerprint density at radius 1 is 0.804 bits per heavy atom. The fourth-order valence-electron chi connectivity index (χ4n) is 4.94. The van der Waals surface area contributed by atoms with Crippen LogP contribution in [0.15, 0.2) is 108 Å². The second-order valence-corrected chi connectivity index (χ2v) is 12.8. The molecule has 0 heterocycles. The number of sulfonamides is 1. The van der Waals surface area contributed by atoms with Crippen molar-refractivity contribution >= 4 is 27.5 Å². The molecule has 0 aliphatic rings. The van der Waals surface area contributed by atoms with Gasteiger partial charge >= 0.3 is 6.18 Å². The number of halogens is 3. The van der Waals surface area contributed by atoms with E-state index < -0.39 is 46.2 Å². The Labute approximate surface area is 267 Å². The van der Waals surface area contributed by atoms with Crippen molar-refractivity contribution < 1.29 is 31.2 Å². The van der Waals surface area contributed by atoms with E-state index in [1.54, 1.807) is 50.2 Å². The van der Waals surface area contributed by atoms with Crippen LogP contribution >= 0.6 is 0 Å². The summed E-state index contributed by atoms with van der Waals surface area (Å²) in [5.41, 5.74) is 1.80. The summed E-state index contributed by atoms with van der Waals surface area (Å²) in [4.78, 5) is 29.0. The minimum absolute atomic E-state index is 0.0469. The highest BCUT2D eigenvalue weighted by molar-refractivity contribution is 7.92. The first-order chi connectivity index (χ1) is 21.8. The van der Waals surface area contributed by atoms with Crippen LogP contribution in [0.4, 0.5) is 18.9 Å². The number of anilines is 1. The summed E-state index contributed by atoms with van der Waals surface area (Å²) in [6.07, 6.45) is -4.63. The first-order valence-electron chi connectivity index (χ1n) is 14.7. The number of aryl methyl sites for hydroxylation is 2. The molecule has 0 spiro atoms. The molecule has 4 aromatic rings. The Kier molecular flexibility index (Phi) is 10.9. The lowest BCUT2D eigenvalue weighted by Gasteiger charge is -2.34. The molecule has 1 atom stereocenters. The molecule has 0 saturated carbocycles. The van der Waals surface area contributed by atoms with Crippen molar-refractivity contribution in [1.82, 2.24) is 10.2 Å². The molecule has 1 N–H and O–H groups in total. The van der Waals surface area contributed by atoms with Crippen molar-refractivity contribution in [1.29, 1.82) is 0 Å². The number of hydrogen-bond acceptors (Lipinski definition) is 4. The van der Waals surface area contributed by atoms with Crippen molar-refractivity contribution in [2.75, 3.05) is 17.4 Å². The van der Waals surface area contributed by atoms with Crippen molar-refractivity contribution in [2.45, 2.75) is 50.9 Å². The first-order valence-corrected chi connectivity index (χ1v) is 16.2. The zero-order valence-corrected chi connectivity index (χ0v) is 26.6. The monoisotopic (exact) mass is 651 g/mol. The maximum atomic E-state index is 14.4. The predicted molar refractivity (Wildman–Crippen MR) is 172 cm³/mol. The molecule has 11 heteroatoms. The number of rotatable bonds is 12. The van der Waals surface area contributed by atoms with Crippen LogP contribution < -0.4 is 9.62 Å². The quantitative estimate of drug-likeness (QED) is 0.195. The van der Waals surface area contributed by atoms with E-state index >= 15 is 0 Å². The highest BCUT2D eigenvalue weighted by atomic mass is 32.2. The Bertz CT molecular complexity index is 1740. The largest absolute Gasteiger partial charge is 0.416 e. The number of likely N-dealkylation sites (N-methyl/N-ethyl adjacent to an activating group) is 1. The molecule has 0 aromatic heterocycles. The standard InChI is InChI=1S/C35H36F3N3O4S/c1-4-39-34(43)32(21-27-9-6-5-7-10-27)40(23-28-17-13-25(2)14-18-28)33(42)24-41(30-12-8-11-29(22-30)35(36,37)38)46(44,45)31-19-15-26(3)16-20-31/h5-20,22,32H,4,21,23-24H2,1-3H3,(H,39,43)/t32-/m1/s1. The molecule has 0 unspecified atom stereocenters. The number of amides is 2. The average Bonchev–Trinajstić information content (AvgIpc) is 3.02. The molecule has 0 aliphatic carbocycles. The molecule has 0 aliphatic heterocycles. The summed E-state index contributed by atoms with van der Waals surface area (Å²) in [6.45, 7) is 4.80. The van der Waals surface area contributed by atoms with Crippen LogP contribution in [-0.4, -0.2) is 44.3 Å². The number of benzene rings is 4. The van der Waals surface area contributed by atoms with Crippen molar-refractivity contribution in [3.63, 3.8) is 0 Å². The number of hydrogen-bond donors (Lipinski definition) is 1. The molecule has 0 fully saturated rings. The fourth-order valence-corrected chi connectivity index (χ4v) is 6.35. The van der Waals surface area contributed by atoms with E-state index in [4.69, 9.17) is 0 Å². The molecule has 0 saturated heterocycles. The normalized spacial score (nSPS) is 12.3. The number of carbonyl (C=O) groups excluding carboxylic acids is 2. The number of nitrogens with one attached hydrogen (secondary N) is 1. The third-order valence-corrected chi connectivity index (χ3v) is 9.23. The van der Waals surface area contributed by atoms with E-state index in [0.29, 0.717) is 15.9 Å². The van der Waals surface area contributed by atoms with Gasteiger partial charge in [0.1, 0.15) is 12.6 Å². The first kappa shape index (κ1) is 34.2. The van der Waals surface area contributed by atoms with Crippen LogP contribution in [-0.2, 0) is 38.8 Å². The van der Waals surface area contributed by atoms with Crippen LogP contribution in [0.2, 0.25) is 0 Å². The molecule has 4 aromatic carbocycles. The second kappa shape index (κ2) is 14.6. The summed E-state index contributed by atoms with van der Waals surface area (Å²) < 4.78 is 70.0. The molecule has 46 heavy (non-hydrogen) atoms. The summed E-state index contributed by atoms with van der Waals surface area (Å²) in [6, 6.07) is 25.0. The Morgan fingerprint density at radius 2 is 1.41 bits per heavy atom. The molecule has 7 nitrogen and oxygen atoms in total. The van der Waals surface area contributed by atoms with Gasteiger partial charge in [-0.3, -0.25) is 13.9 Å². The molecule has 2 amide bonds. The second-order valence-electron chi connectivity index (χ2n) is 11.0. The maximum absolute atomic E-state index is 14.4. The SMILES string of the molecule is CCNC(=O)[C@@H](Cc1ccccc1)N(Cc1ccc(C)cc1)C(=O)CN(c1cccc(C(F)(F)F)c1)S(=O)(=O)c1ccc(C)cc1. The molecule has 4 rings (SSSR count). The molecule has 242 valence electrons. The van der Waals surface area contributed by atoms with Gasteiger partial charge in [-0.25, -0.2) is 8.42 Å². The van der Waals surface area contributed by atoms with Gasteiger partial charge in [-0.1, -0.05) is 83.9 Å². The Morgan fingerprint density at radius 3 is 2.00 bits per heavy atom. The van der Waals surface area contributed by atoms with Crippen molar-refractivity contribution in [3.8, 4) is 0 Å². The van der Waals surface area contributed by atoms with E-state index in [0.717, 1.165) is 28.8 Å².